The van der Waals surface area contributed by atoms with Crippen molar-refractivity contribution >= 4 is 10.8 Å². The van der Waals surface area contributed by atoms with Crippen LogP contribution in [0.4, 0.5) is 0 Å². The summed E-state index contributed by atoms with van der Waals surface area (Å²) in [7, 11) is 0. The van der Waals surface area contributed by atoms with Gasteiger partial charge in [-0.3, -0.25) is 0 Å². The molecule has 3 aromatic carbocycles. The number of hydrogen-bond donors (Lipinski definition) is 0. The van der Waals surface area contributed by atoms with E-state index in [9.17, 15) is 0 Å². The fraction of sp³-hybridized carbons (Fsp3) is 0.0714. The highest BCUT2D eigenvalue weighted by Crippen LogP contribution is 2.31. The standard InChI is InChI=1S/C28H23N2.ClH/c1-21-14-15-27(24-16-18-30(19-17-24)20-22-8-3-2-4-9-22)29-28(21)26-13-7-11-23-10-5-6-12-25(23)26;/h2-19H,20H2,1H3;1H/q+1;/p-1. The van der Waals surface area contributed by atoms with Crippen molar-refractivity contribution in [1.82, 2.24) is 4.98 Å². The van der Waals surface area contributed by atoms with E-state index < -0.39 is 0 Å². The summed E-state index contributed by atoms with van der Waals surface area (Å²) in [5, 5.41) is 2.48. The van der Waals surface area contributed by atoms with E-state index in [4.69, 9.17) is 4.98 Å². The number of aromatic nitrogens is 2. The number of fused-ring (bicyclic) bond motifs is 1. The summed E-state index contributed by atoms with van der Waals surface area (Å²) in [4.78, 5) is 5.07. The van der Waals surface area contributed by atoms with Gasteiger partial charge in [-0.2, -0.15) is 0 Å². The van der Waals surface area contributed by atoms with Crippen LogP contribution in [0.1, 0.15) is 11.1 Å². The predicted molar refractivity (Wildman–Crippen MR) is 123 cm³/mol. The van der Waals surface area contributed by atoms with E-state index in [1.165, 1.54) is 27.5 Å². The summed E-state index contributed by atoms with van der Waals surface area (Å²) in [5.41, 5.74) is 6.83. The molecule has 0 aliphatic carbocycles. The maximum Gasteiger partial charge on any atom is 0.173 e. The minimum Gasteiger partial charge on any atom is -1.00 e. The van der Waals surface area contributed by atoms with Crippen molar-refractivity contribution in [2.24, 2.45) is 0 Å². The molecule has 0 fully saturated rings. The second-order valence-corrected chi connectivity index (χ2v) is 7.63. The van der Waals surface area contributed by atoms with Gasteiger partial charge in [0.15, 0.2) is 18.9 Å². The molecule has 31 heavy (non-hydrogen) atoms. The van der Waals surface area contributed by atoms with Crippen molar-refractivity contribution in [1.29, 1.82) is 0 Å². The van der Waals surface area contributed by atoms with E-state index in [1.807, 2.05) is 6.07 Å². The summed E-state index contributed by atoms with van der Waals surface area (Å²) < 4.78 is 2.19. The first-order valence-corrected chi connectivity index (χ1v) is 10.3. The van der Waals surface area contributed by atoms with Gasteiger partial charge in [-0.25, -0.2) is 9.55 Å². The minimum atomic E-state index is 0. The lowest BCUT2D eigenvalue weighted by atomic mass is 9.98. The largest absolute Gasteiger partial charge is 1.00 e. The summed E-state index contributed by atoms with van der Waals surface area (Å²) in [5.74, 6) is 0. The smallest absolute Gasteiger partial charge is 0.173 e. The van der Waals surface area contributed by atoms with E-state index in [1.54, 1.807) is 0 Å². The van der Waals surface area contributed by atoms with Crippen LogP contribution in [0.3, 0.4) is 0 Å². The van der Waals surface area contributed by atoms with Crippen LogP contribution in [-0.4, -0.2) is 4.98 Å². The van der Waals surface area contributed by atoms with Crippen LogP contribution in [0.25, 0.3) is 33.3 Å². The van der Waals surface area contributed by atoms with Crippen LogP contribution in [0.5, 0.6) is 0 Å². The summed E-state index contributed by atoms with van der Waals surface area (Å²) in [6, 6.07) is 34.0. The Labute approximate surface area is 189 Å². The van der Waals surface area contributed by atoms with Gasteiger partial charge >= 0.3 is 0 Å². The molecule has 0 aliphatic heterocycles. The Morgan fingerprint density at radius 1 is 0.710 bits per heavy atom. The molecule has 5 aromatic rings. The molecule has 2 aromatic heterocycles. The van der Waals surface area contributed by atoms with Crippen LogP contribution in [0.2, 0.25) is 0 Å². The number of pyridine rings is 2. The molecule has 0 atom stereocenters. The molecule has 0 saturated heterocycles. The average Bonchev–Trinajstić information content (AvgIpc) is 2.80. The maximum absolute atomic E-state index is 5.07. The molecule has 3 heteroatoms. The van der Waals surface area contributed by atoms with Gasteiger partial charge in [0.05, 0.1) is 11.4 Å². The third kappa shape index (κ3) is 4.35. The molecule has 0 radical (unpaired) electrons. The van der Waals surface area contributed by atoms with E-state index in [0.717, 1.165) is 23.5 Å². The Kier molecular flexibility index (Phi) is 6.11. The third-order valence-electron chi connectivity index (χ3n) is 5.54. The van der Waals surface area contributed by atoms with Crippen LogP contribution in [0.15, 0.2) is 109 Å². The molecule has 0 spiro atoms. The molecule has 5 rings (SSSR count). The second-order valence-electron chi connectivity index (χ2n) is 7.63. The molecule has 0 unspecified atom stereocenters. The lowest BCUT2D eigenvalue weighted by molar-refractivity contribution is -0.688. The quantitative estimate of drug-likeness (QED) is 0.406. The maximum atomic E-state index is 5.07. The van der Waals surface area contributed by atoms with Gasteiger partial charge < -0.3 is 12.4 Å². The Balaban J connectivity index is 0.00000231. The van der Waals surface area contributed by atoms with Gasteiger partial charge in [-0.15, -0.1) is 0 Å². The molecule has 0 N–H and O–H groups in total. The first-order valence-electron chi connectivity index (χ1n) is 10.3. The van der Waals surface area contributed by atoms with Gasteiger partial charge in [-0.1, -0.05) is 78.9 Å². The van der Waals surface area contributed by atoms with Crippen LogP contribution in [-0.2, 0) is 6.54 Å². The number of aryl methyl sites for hydroxylation is 1. The number of rotatable bonds is 4. The van der Waals surface area contributed by atoms with Crippen LogP contribution in [0, 0.1) is 6.92 Å². The molecule has 2 nitrogen and oxygen atoms in total. The SMILES string of the molecule is Cc1ccc(-c2cc[n+](Cc3ccccc3)cc2)nc1-c1cccc2ccccc12.[Cl-]. The summed E-state index contributed by atoms with van der Waals surface area (Å²) >= 11 is 0. The summed E-state index contributed by atoms with van der Waals surface area (Å²) in [6.07, 6.45) is 4.25. The monoisotopic (exact) mass is 422 g/mol. The molecule has 0 saturated carbocycles. The average molecular weight is 423 g/mol. The van der Waals surface area contributed by atoms with Crippen molar-refractivity contribution in [2.45, 2.75) is 13.5 Å². The molecule has 0 bridgehead atoms. The lowest BCUT2D eigenvalue weighted by Crippen LogP contribution is -3.00. The highest BCUT2D eigenvalue weighted by molar-refractivity contribution is 5.96. The van der Waals surface area contributed by atoms with Gasteiger partial charge in [-0.05, 0) is 29.3 Å². The van der Waals surface area contributed by atoms with Gasteiger partial charge in [0.25, 0.3) is 0 Å². The fourth-order valence-electron chi connectivity index (χ4n) is 3.92. The number of benzene rings is 3. The highest BCUT2D eigenvalue weighted by Gasteiger charge is 2.11. The van der Waals surface area contributed by atoms with E-state index in [-0.39, 0.29) is 12.4 Å². The van der Waals surface area contributed by atoms with Gasteiger partial charge in [0, 0.05) is 28.8 Å². The predicted octanol–water partition coefficient (Wildman–Crippen LogP) is 3.22. The first-order chi connectivity index (χ1) is 14.8. The van der Waals surface area contributed by atoms with E-state index in [2.05, 4.69) is 115 Å². The Bertz CT molecular complexity index is 1310. The summed E-state index contributed by atoms with van der Waals surface area (Å²) in [6.45, 7) is 3.00. The van der Waals surface area contributed by atoms with Crippen LogP contribution < -0.4 is 17.0 Å². The van der Waals surface area contributed by atoms with Gasteiger partial charge in [0.2, 0.25) is 0 Å². The molecule has 0 aliphatic rings. The molecule has 0 amide bonds. The van der Waals surface area contributed by atoms with E-state index >= 15 is 0 Å². The third-order valence-corrected chi connectivity index (χ3v) is 5.54. The normalized spacial score (nSPS) is 10.6. The lowest BCUT2D eigenvalue weighted by Gasteiger charge is -2.11. The zero-order valence-corrected chi connectivity index (χ0v) is 18.1. The Morgan fingerprint density at radius 2 is 1.42 bits per heavy atom. The highest BCUT2D eigenvalue weighted by atomic mass is 35.5. The van der Waals surface area contributed by atoms with Crippen LogP contribution >= 0.6 is 0 Å². The molecule has 152 valence electrons. The van der Waals surface area contributed by atoms with Gasteiger partial charge in [0.1, 0.15) is 0 Å². The molecular weight excluding hydrogens is 400 g/mol. The van der Waals surface area contributed by atoms with Crippen molar-refractivity contribution in [3.8, 4) is 22.5 Å². The van der Waals surface area contributed by atoms with Crippen molar-refractivity contribution in [2.75, 3.05) is 0 Å². The molecular formula is C28H23ClN2. The Hall–Kier alpha value is -3.49. The number of hydrogen-bond acceptors (Lipinski definition) is 1. The number of halogens is 1. The second kappa shape index (κ2) is 9.11. The Morgan fingerprint density at radius 3 is 2.23 bits per heavy atom. The zero-order valence-electron chi connectivity index (χ0n) is 17.4. The van der Waals surface area contributed by atoms with Crippen molar-refractivity contribution in [3.05, 3.63) is 121 Å². The minimum absolute atomic E-state index is 0. The number of nitrogens with zero attached hydrogens (tertiary/aromatic N) is 2. The van der Waals surface area contributed by atoms with Crippen molar-refractivity contribution in [3.63, 3.8) is 0 Å². The topological polar surface area (TPSA) is 16.8 Å². The zero-order chi connectivity index (χ0) is 20.3. The first kappa shape index (κ1) is 20.8. The fourth-order valence-corrected chi connectivity index (χ4v) is 3.92. The molecule has 2 heterocycles. The van der Waals surface area contributed by atoms with Crippen molar-refractivity contribution < 1.29 is 17.0 Å². The van der Waals surface area contributed by atoms with E-state index in [0.29, 0.717) is 0 Å².